The molecule has 0 atom stereocenters. The molecule has 1 aliphatic heterocycles. The fourth-order valence-electron chi connectivity index (χ4n) is 2.61. The average molecular weight is 343 g/mol. The summed E-state index contributed by atoms with van der Waals surface area (Å²) in [5.41, 5.74) is 2.27. The van der Waals surface area contributed by atoms with Gasteiger partial charge in [0.05, 0.1) is 11.1 Å². The molecule has 1 heterocycles. The van der Waals surface area contributed by atoms with Crippen molar-refractivity contribution in [2.45, 2.75) is 13.3 Å². The van der Waals surface area contributed by atoms with E-state index >= 15 is 0 Å². The minimum atomic E-state index is -0.416. The van der Waals surface area contributed by atoms with Gasteiger partial charge in [0, 0.05) is 23.7 Å². The van der Waals surface area contributed by atoms with Crippen LogP contribution in [0, 0.1) is 6.92 Å². The smallest absolute Gasteiger partial charge is 0.261 e. The maximum atomic E-state index is 12.3. The van der Waals surface area contributed by atoms with Crippen LogP contribution in [0.2, 0.25) is 5.02 Å². The number of hydrogen-bond donors (Lipinski definition) is 1. The molecule has 0 aromatic heterocycles. The number of rotatable bonds is 4. The van der Waals surface area contributed by atoms with Gasteiger partial charge in [0.15, 0.2) is 0 Å². The third-order valence-corrected chi connectivity index (χ3v) is 4.15. The second kappa shape index (κ2) is 6.45. The molecule has 0 fully saturated rings. The van der Waals surface area contributed by atoms with Crippen LogP contribution in [0.15, 0.2) is 42.5 Å². The van der Waals surface area contributed by atoms with E-state index in [1.54, 1.807) is 12.1 Å². The van der Waals surface area contributed by atoms with Gasteiger partial charge in [-0.1, -0.05) is 29.8 Å². The monoisotopic (exact) mass is 342 g/mol. The van der Waals surface area contributed by atoms with Crippen molar-refractivity contribution in [2.75, 3.05) is 11.9 Å². The van der Waals surface area contributed by atoms with Crippen LogP contribution in [0.4, 0.5) is 5.69 Å². The first-order valence-electron chi connectivity index (χ1n) is 7.48. The van der Waals surface area contributed by atoms with Crippen molar-refractivity contribution in [1.29, 1.82) is 0 Å². The van der Waals surface area contributed by atoms with Gasteiger partial charge in [0.25, 0.3) is 11.8 Å². The van der Waals surface area contributed by atoms with Crippen LogP contribution in [-0.2, 0) is 4.79 Å². The number of benzene rings is 2. The van der Waals surface area contributed by atoms with Crippen molar-refractivity contribution in [2.24, 2.45) is 0 Å². The van der Waals surface area contributed by atoms with E-state index in [1.165, 1.54) is 12.1 Å². The average Bonchev–Trinajstić information content (AvgIpc) is 2.78. The summed E-state index contributed by atoms with van der Waals surface area (Å²) < 4.78 is 0. The Kier molecular flexibility index (Phi) is 4.36. The molecule has 0 bridgehead atoms. The van der Waals surface area contributed by atoms with Gasteiger partial charge in [0.2, 0.25) is 5.91 Å². The van der Waals surface area contributed by atoms with Crippen molar-refractivity contribution in [3.63, 3.8) is 0 Å². The van der Waals surface area contributed by atoms with E-state index in [0.29, 0.717) is 10.6 Å². The number of hydrogen-bond acceptors (Lipinski definition) is 3. The van der Waals surface area contributed by atoms with Crippen molar-refractivity contribution in [3.05, 3.63) is 64.2 Å². The lowest BCUT2D eigenvalue weighted by Gasteiger charge is -2.14. The minimum Gasteiger partial charge on any atom is -0.326 e. The predicted octanol–water partition coefficient (Wildman–Crippen LogP) is 3.27. The second-order valence-corrected chi connectivity index (χ2v) is 6.00. The first kappa shape index (κ1) is 16.2. The van der Waals surface area contributed by atoms with E-state index in [9.17, 15) is 14.4 Å². The van der Waals surface area contributed by atoms with Crippen LogP contribution >= 0.6 is 11.6 Å². The Hall–Kier alpha value is -2.66. The first-order valence-corrected chi connectivity index (χ1v) is 7.86. The maximum Gasteiger partial charge on any atom is 0.261 e. The highest BCUT2D eigenvalue weighted by Gasteiger charge is 2.35. The number of aryl methyl sites for hydroxylation is 1. The molecule has 0 saturated heterocycles. The van der Waals surface area contributed by atoms with Crippen molar-refractivity contribution < 1.29 is 14.4 Å². The number of amides is 3. The molecule has 0 aliphatic carbocycles. The topological polar surface area (TPSA) is 66.5 Å². The van der Waals surface area contributed by atoms with Gasteiger partial charge in [0.1, 0.15) is 0 Å². The highest BCUT2D eigenvalue weighted by atomic mass is 35.5. The lowest BCUT2D eigenvalue weighted by molar-refractivity contribution is -0.116. The summed E-state index contributed by atoms with van der Waals surface area (Å²) in [7, 11) is 0. The Balaban J connectivity index is 1.65. The predicted molar refractivity (Wildman–Crippen MR) is 91.2 cm³/mol. The molecule has 2 aromatic carbocycles. The van der Waals surface area contributed by atoms with Gasteiger partial charge < -0.3 is 5.32 Å². The summed E-state index contributed by atoms with van der Waals surface area (Å²) >= 11 is 5.87. The quantitative estimate of drug-likeness (QED) is 0.867. The van der Waals surface area contributed by atoms with E-state index in [0.717, 1.165) is 16.2 Å². The van der Waals surface area contributed by atoms with Crippen LogP contribution in [0.25, 0.3) is 0 Å². The summed E-state index contributed by atoms with van der Waals surface area (Å²) in [4.78, 5) is 37.7. The second-order valence-electron chi connectivity index (χ2n) is 5.56. The molecular weight excluding hydrogens is 328 g/mol. The molecule has 5 nitrogen and oxygen atoms in total. The zero-order chi connectivity index (χ0) is 17.3. The van der Waals surface area contributed by atoms with Crippen molar-refractivity contribution in [1.82, 2.24) is 4.90 Å². The lowest BCUT2D eigenvalue weighted by atomic mass is 10.1. The largest absolute Gasteiger partial charge is 0.326 e. The number of nitrogens with zero attached hydrogens (tertiary/aromatic N) is 1. The number of halogens is 1. The molecule has 0 saturated carbocycles. The van der Waals surface area contributed by atoms with Crippen LogP contribution < -0.4 is 5.32 Å². The van der Waals surface area contributed by atoms with E-state index in [2.05, 4.69) is 5.32 Å². The third kappa shape index (κ3) is 3.03. The molecule has 0 unspecified atom stereocenters. The summed E-state index contributed by atoms with van der Waals surface area (Å²) in [5.74, 6) is -1.06. The Morgan fingerprint density at radius 3 is 2.54 bits per heavy atom. The molecule has 1 aliphatic rings. The number of carbonyl (C=O) groups is 3. The van der Waals surface area contributed by atoms with Gasteiger partial charge in [-0.2, -0.15) is 0 Å². The van der Waals surface area contributed by atoms with Gasteiger partial charge in [-0.05, 0) is 36.8 Å². The number of anilines is 1. The molecule has 2 aromatic rings. The van der Waals surface area contributed by atoms with Gasteiger partial charge in [-0.15, -0.1) is 0 Å². The van der Waals surface area contributed by atoms with Crippen molar-refractivity contribution >= 4 is 35.0 Å². The molecule has 24 heavy (non-hydrogen) atoms. The van der Waals surface area contributed by atoms with Gasteiger partial charge in [-0.25, -0.2) is 0 Å². The highest BCUT2D eigenvalue weighted by molar-refractivity contribution is 6.32. The van der Waals surface area contributed by atoms with E-state index < -0.39 is 11.8 Å². The lowest BCUT2D eigenvalue weighted by Crippen LogP contribution is -2.32. The zero-order valence-electron chi connectivity index (χ0n) is 13.0. The first-order chi connectivity index (χ1) is 11.5. The molecule has 122 valence electrons. The highest BCUT2D eigenvalue weighted by Crippen LogP contribution is 2.26. The molecule has 3 rings (SSSR count). The zero-order valence-corrected chi connectivity index (χ0v) is 13.8. The third-order valence-electron chi connectivity index (χ3n) is 3.91. The molecular formula is C18H15ClN2O3. The number of nitrogens with one attached hydrogen (secondary N) is 1. The summed E-state index contributed by atoms with van der Waals surface area (Å²) in [5, 5.41) is 3.18. The molecule has 1 N–H and O–H groups in total. The van der Waals surface area contributed by atoms with Crippen LogP contribution in [0.5, 0.6) is 0 Å². The number of imide groups is 1. The molecule has 6 heteroatoms. The number of para-hydroxylation sites is 1. The van der Waals surface area contributed by atoms with Gasteiger partial charge >= 0.3 is 0 Å². The Morgan fingerprint density at radius 2 is 1.79 bits per heavy atom. The van der Waals surface area contributed by atoms with Crippen LogP contribution in [0.1, 0.15) is 32.7 Å². The van der Waals surface area contributed by atoms with E-state index in [1.807, 2.05) is 25.1 Å². The fourth-order valence-corrected chi connectivity index (χ4v) is 2.78. The summed E-state index contributed by atoms with van der Waals surface area (Å²) in [6, 6.07) is 12.0. The van der Waals surface area contributed by atoms with Crippen molar-refractivity contribution in [3.8, 4) is 0 Å². The number of carbonyl (C=O) groups excluding carboxylic acids is 3. The Morgan fingerprint density at radius 1 is 1.08 bits per heavy atom. The molecule has 0 radical (unpaired) electrons. The fraction of sp³-hybridized carbons (Fsp3) is 0.167. The minimum absolute atomic E-state index is 0.0294. The number of fused-ring (bicyclic) bond motifs is 1. The Labute approximate surface area is 144 Å². The standard InChI is InChI=1S/C18H15ClN2O3/c1-11-4-2-3-5-15(11)20-16(22)8-9-21-17(23)13-7-6-12(19)10-14(13)18(21)24/h2-7,10H,8-9H2,1H3,(H,20,22). The summed E-state index contributed by atoms with van der Waals surface area (Å²) in [6.07, 6.45) is 0.0353. The normalized spacial score (nSPS) is 13.2. The summed E-state index contributed by atoms with van der Waals surface area (Å²) in [6.45, 7) is 1.92. The van der Waals surface area contributed by atoms with Crippen LogP contribution in [-0.4, -0.2) is 29.2 Å². The van der Waals surface area contributed by atoms with Gasteiger partial charge in [-0.3, -0.25) is 19.3 Å². The van der Waals surface area contributed by atoms with Crippen LogP contribution in [0.3, 0.4) is 0 Å². The molecule has 3 amide bonds. The SMILES string of the molecule is Cc1ccccc1NC(=O)CCN1C(=O)c2ccc(Cl)cc2C1=O. The van der Waals surface area contributed by atoms with E-state index in [-0.39, 0.29) is 24.4 Å². The van der Waals surface area contributed by atoms with E-state index in [4.69, 9.17) is 11.6 Å². The molecule has 0 spiro atoms. The Bertz CT molecular complexity index is 848. The maximum absolute atomic E-state index is 12.3.